The molecule has 1 rings (SSSR count). The Balaban J connectivity index is 2.47. The van der Waals surface area contributed by atoms with Crippen molar-refractivity contribution in [2.24, 2.45) is 0 Å². The predicted octanol–water partition coefficient (Wildman–Crippen LogP) is 4.17. The molecule has 0 aliphatic rings. The van der Waals surface area contributed by atoms with Crippen LogP contribution >= 0.6 is 0 Å². The number of ether oxygens (including phenoxy) is 1. The summed E-state index contributed by atoms with van der Waals surface area (Å²) in [6, 6.07) is 9.08. The molecule has 0 bridgehead atoms. The van der Waals surface area contributed by atoms with Crippen molar-refractivity contribution < 1.29 is 4.74 Å². The van der Waals surface area contributed by atoms with Gasteiger partial charge in [-0.05, 0) is 36.3 Å². The van der Waals surface area contributed by atoms with Crippen molar-refractivity contribution in [3.8, 4) is 0 Å². The van der Waals surface area contributed by atoms with Crippen LogP contribution in [0.1, 0.15) is 50.2 Å². The third kappa shape index (κ3) is 4.36. The zero-order valence-electron chi connectivity index (χ0n) is 10.8. The SMILES string of the molecule is CCCC(C)c1ccc(CCCOC)cc1. The summed E-state index contributed by atoms with van der Waals surface area (Å²) in [7, 11) is 1.76. The van der Waals surface area contributed by atoms with Gasteiger partial charge in [0, 0.05) is 13.7 Å². The van der Waals surface area contributed by atoms with E-state index in [0.29, 0.717) is 5.92 Å². The fourth-order valence-corrected chi connectivity index (χ4v) is 2.03. The highest BCUT2D eigenvalue weighted by atomic mass is 16.5. The van der Waals surface area contributed by atoms with Crippen LogP contribution in [0.25, 0.3) is 0 Å². The summed E-state index contributed by atoms with van der Waals surface area (Å²) in [5, 5.41) is 0. The van der Waals surface area contributed by atoms with Crippen molar-refractivity contribution in [3.05, 3.63) is 35.4 Å². The highest BCUT2D eigenvalue weighted by molar-refractivity contribution is 5.25. The smallest absolute Gasteiger partial charge is 0.0465 e. The Morgan fingerprint density at radius 2 is 1.88 bits per heavy atom. The van der Waals surface area contributed by atoms with E-state index in [1.807, 2.05) is 0 Å². The highest BCUT2D eigenvalue weighted by Gasteiger charge is 2.03. The number of hydrogen-bond acceptors (Lipinski definition) is 1. The average molecular weight is 220 g/mol. The Hall–Kier alpha value is -0.820. The van der Waals surface area contributed by atoms with Crippen molar-refractivity contribution >= 4 is 0 Å². The highest BCUT2D eigenvalue weighted by Crippen LogP contribution is 2.20. The van der Waals surface area contributed by atoms with Crippen molar-refractivity contribution in [2.45, 2.75) is 45.4 Å². The molecule has 90 valence electrons. The number of methoxy groups -OCH3 is 1. The molecule has 1 aromatic rings. The van der Waals surface area contributed by atoms with Gasteiger partial charge in [0.2, 0.25) is 0 Å². The molecule has 0 amide bonds. The van der Waals surface area contributed by atoms with Crippen LogP contribution in [0.2, 0.25) is 0 Å². The summed E-state index contributed by atoms with van der Waals surface area (Å²) in [5.41, 5.74) is 2.89. The van der Waals surface area contributed by atoms with Crippen LogP contribution < -0.4 is 0 Å². The maximum atomic E-state index is 5.06. The van der Waals surface area contributed by atoms with E-state index in [0.717, 1.165) is 19.4 Å². The van der Waals surface area contributed by atoms with Crippen LogP contribution in [-0.2, 0) is 11.2 Å². The Kier molecular flexibility index (Phi) is 6.17. The van der Waals surface area contributed by atoms with E-state index in [4.69, 9.17) is 4.74 Å². The lowest BCUT2D eigenvalue weighted by Gasteiger charge is -2.11. The first-order valence-electron chi connectivity index (χ1n) is 6.35. The lowest BCUT2D eigenvalue weighted by Crippen LogP contribution is -1.95. The lowest BCUT2D eigenvalue weighted by molar-refractivity contribution is 0.195. The van der Waals surface area contributed by atoms with Crippen LogP contribution in [0.4, 0.5) is 0 Å². The maximum Gasteiger partial charge on any atom is 0.0465 e. The van der Waals surface area contributed by atoms with E-state index in [2.05, 4.69) is 38.1 Å². The maximum absolute atomic E-state index is 5.06. The van der Waals surface area contributed by atoms with Gasteiger partial charge in [-0.25, -0.2) is 0 Å². The number of rotatable bonds is 7. The normalized spacial score (nSPS) is 12.7. The Labute approximate surface area is 99.8 Å². The second-order valence-corrected chi connectivity index (χ2v) is 4.53. The topological polar surface area (TPSA) is 9.23 Å². The van der Waals surface area contributed by atoms with Gasteiger partial charge in [-0.3, -0.25) is 0 Å². The molecule has 1 heteroatoms. The second kappa shape index (κ2) is 7.45. The van der Waals surface area contributed by atoms with E-state index >= 15 is 0 Å². The molecule has 0 N–H and O–H groups in total. The summed E-state index contributed by atoms with van der Waals surface area (Å²) in [5.74, 6) is 0.693. The fraction of sp³-hybridized carbons (Fsp3) is 0.600. The average Bonchev–Trinajstić information content (AvgIpc) is 2.30. The van der Waals surface area contributed by atoms with Crippen LogP contribution in [0.15, 0.2) is 24.3 Å². The van der Waals surface area contributed by atoms with E-state index in [1.165, 1.54) is 24.0 Å². The van der Waals surface area contributed by atoms with Gasteiger partial charge in [-0.15, -0.1) is 0 Å². The molecule has 0 saturated carbocycles. The standard InChI is InChI=1S/C15H24O/c1-4-6-13(2)15-10-8-14(9-11-15)7-5-12-16-3/h8-11,13H,4-7,12H2,1-3H3. The molecule has 0 saturated heterocycles. The third-order valence-corrected chi connectivity index (χ3v) is 3.08. The molecule has 0 heterocycles. The quantitative estimate of drug-likeness (QED) is 0.627. The molecular formula is C15H24O. The fourth-order valence-electron chi connectivity index (χ4n) is 2.03. The van der Waals surface area contributed by atoms with Crippen LogP contribution in [0.3, 0.4) is 0 Å². The first kappa shape index (κ1) is 13.2. The van der Waals surface area contributed by atoms with Crippen LogP contribution in [-0.4, -0.2) is 13.7 Å². The van der Waals surface area contributed by atoms with Gasteiger partial charge in [-0.2, -0.15) is 0 Å². The first-order chi connectivity index (χ1) is 7.77. The zero-order valence-corrected chi connectivity index (χ0v) is 10.8. The summed E-state index contributed by atoms with van der Waals surface area (Å²) in [4.78, 5) is 0. The second-order valence-electron chi connectivity index (χ2n) is 4.53. The molecule has 0 aliphatic carbocycles. The minimum absolute atomic E-state index is 0.693. The Bertz CT molecular complexity index is 276. The molecular weight excluding hydrogens is 196 g/mol. The molecule has 0 radical (unpaired) electrons. The van der Waals surface area contributed by atoms with Gasteiger partial charge in [0.15, 0.2) is 0 Å². The van der Waals surface area contributed by atoms with Gasteiger partial charge in [0.25, 0.3) is 0 Å². The lowest BCUT2D eigenvalue weighted by atomic mass is 9.95. The van der Waals surface area contributed by atoms with Gasteiger partial charge < -0.3 is 4.74 Å². The minimum atomic E-state index is 0.693. The number of benzene rings is 1. The number of aryl methyl sites for hydroxylation is 1. The molecule has 1 atom stereocenters. The molecule has 1 aromatic carbocycles. The summed E-state index contributed by atoms with van der Waals surface area (Å²) in [6.07, 6.45) is 4.77. The summed E-state index contributed by atoms with van der Waals surface area (Å²) >= 11 is 0. The molecule has 0 aliphatic heterocycles. The summed E-state index contributed by atoms with van der Waals surface area (Å²) in [6.45, 7) is 5.41. The Morgan fingerprint density at radius 1 is 1.19 bits per heavy atom. The van der Waals surface area contributed by atoms with E-state index in [-0.39, 0.29) is 0 Å². The molecule has 1 nitrogen and oxygen atoms in total. The molecule has 16 heavy (non-hydrogen) atoms. The number of hydrogen-bond donors (Lipinski definition) is 0. The molecule has 0 aromatic heterocycles. The van der Waals surface area contributed by atoms with Crippen molar-refractivity contribution in [1.29, 1.82) is 0 Å². The van der Waals surface area contributed by atoms with Gasteiger partial charge in [0.05, 0.1) is 0 Å². The molecule has 0 spiro atoms. The van der Waals surface area contributed by atoms with E-state index in [1.54, 1.807) is 7.11 Å². The third-order valence-electron chi connectivity index (χ3n) is 3.08. The minimum Gasteiger partial charge on any atom is -0.385 e. The monoisotopic (exact) mass is 220 g/mol. The largest absolute Gasteiger partial charge is 0.385 e. The van der Waals surface area contributed by atoms with E-state index < -0.39 is 0 Å². The van der Waals surface area contributed by atoms with Gasteiger partial charge in [-0.1, -0.05) is 44.5 Å². The predicted molar refractivity (Wildman–Crippen MR) is 70.0 cm³/mol. The Morgan fingerprint density at radius 3 is 2.44 bits per heavy atom. The van der Waals surface area contributed by atoms with Gasteiger partial charge in [0.1, 0.15) is 0 Å². The van der Waals surface area contributed by atoms with Crippen LogP contribution in [0, 0.1) is 0 Å². The van der Waals surface area contributed by atoms with Crippen molar-refractivity contribution in [2.75, 3.05) is 13.7 Å². The molecule has 0 fully saturated rings. The summed E-state index contributed by atoms with van der Waals surface area (Å²) < 4.78 is 5.06. The van der Waals surface area contributed by atoms with E-state index in [9.17, 15) is 0 Å². The first-order valence-corrected chi connectivity index (χ1v) is 6.35. The van der Waals surface area contributed by atoms with Crippen molar-refractivity contribution in [3.63, 3.8) is 0 Å². The van der Waals surface area contributed by atoms with Crippen LogP contribution in [0.5, 0.6) is 0 Å². The molecule has 1 unspecified atom stereocenters. The zero-order chi connectivity index (χ0) is 11.8. The van der Waals surface area contributed by atoms with Crippen molar-refractivity contribution in [1.82, 2.24) is 0 Å². The van der Waals surface area contributed by atoms with Gasteiger partial charge >= 0.3 is 0 Å².